The molecule has 6 nitrogen and oxygen atoms in total. The highest BCUT2D eigenvalue weighted by Crippen LogP contribution is 2.25. The fourth-order valence-electron chi connectivity index (χ4n) is 3.99. The van der Waals surface area contributed by atoms with Crippen molar-refractivity contribution in [3.63, 3.8) is 0 Å². The number of nitrogens with one attached hydrogen (secondary N) is 2. The molecule has 1 aliphatic carbocycles. The zero-order chi connectivity index (χ0) is 19.2. The van der Waals surface area contributed by atoms with Crippen LogP contribution < -0.4 is 10.6 Å². The van der Waals surface area contributed by atoms with Crippen molar-refractivity contribution in [2.24, 2.45) is 0 Å². The Morgan fingerprint density at radius 2 is 1.81 bits per heavy atom. The molecule has 0 aromatic heterocycles. The number of hydrogen-bond donors (Lipinski definition) is 2. The summed E-state index contributed by atoms with van der Waals surface area (Å²) in [6.07, 6.45) is 7.46. The van der Waals surface area contributed by atoms with E-state index in [4.69, 9.17) is 0 Å². The zero-order valence-electron chi connectivity index (χ0n) is 15.9. The predicted octanol–water partition coefficient (Wildman–Crippen LogP) is 3.29. The first-order valence-electron chi connectivity index (χ1n) is 10.0. The van der Waals surface area contributed by atoms with Crippen LogP contribution in [0.15, 0.2) is 30.3 Å². The smallest absolute Gasteiger partial charge is 0.325 e. The maximum Gasteiger partial charge on any atom is 0.325 e. The van der Waals surface area contributed by atoms with Crippen LogP contribution >= 0.6 is 0 Å². The molecule has 2 N–H and O–H groups in total. The highest BCUT2D eigenvalue weighted by atomic mass is 16.2. The number of carbonyl (C=O) groups is 3. The van der Waals surface area contributed by atoms with Gasteiger partial charge < -0.3 is 10.6 Å². The van der Waals surface area contributed by atoms with Gasteiger partial charge in [0.1, 0.15) is 6.04 Å². The minimum Gasteiger partial charge on any atom is -0.353 e. The van der Waals surface area contributed by atoms with Gasteiger partial charge in [-0.3, -0.25) is 14.5 Å². The second-order valence-corrected chi connectivity index (χ2v) is 7.59. The third-order valence-electron chi connectivity index (χ3n) is 5.60. The van der Waals surface area contributed by atoms with Crippen LogP contribution in [-0.4, -0.2) is 34.8 Å². The quantitative estimate of drug-likeness (QED) is 0.595. The van der Waals surface area contributed by atoms with Gasteiger partial charge in [0, 0.05) is 12.5 Å². The van der Waals surface area contributed by atoms with Gasteiger partial charge in [-0.05, 0) is 31.7 Å². The number of urea groups is 1. The van der Waals surface area contributed by atoms with E-state index in [-0.39, 0.29) is 36.3 Å². The Labute approximate surface area is 160 Å². The molecule has 4 amide bonds. The number of amides is 4. The molecule has 1 aliphatic heterocycles. The van der Waals surface area contributed by atoms with Crippen molar-refractivity contribution in [3.05, 3.63) is 35.9 Å². The molecule has 0 bridgehead atoms. The molecule has 1 saturated carbocycles. The summed E-state index contributed by atoms with van der Waals surface area (Å²) in [5.41, 5.74) is 0.910. The molecule has 27 heavy (non-hydrogen) atoms. The van der Waals surface area contributed by atoms with Crippen molar-refractivity contribution in [2.75, 3.05) is 0 Å². The largest absolute Gasteiger partial charge is 0.353 e. The molecule has 1 heterocycles. The summed E-state index contributed by atoms with van der Waals surface area (Å²) in [5.74, 6) is -0.280. The molecule has 2 atom stereocenters. The molecule has 0 spiro atoms. The van der Waals surface area contributed by atoms with Crippen LogP contribution in [0.2, 0.25) is 0 Å². The molecular weight excluding hydrogens is 342 g/mol. The van der Waals surface area contributed by atoms with Crippen LogP contribution in [0.4, 0.5) is 4.79 Å². The van der Waals surface area contributed by atoms with Gasteiger partial charge in [0.05, 0.1) is 6.04 Å². The first-order valence-corrected chi connectivity index (χ1v) is 10.0. The molecule has 1 aromatic rings. The van der Waals surface area contributed by atoms with E-state index in [0.29, 0.717) is 6.42 Å². The standard InChI is InChI=1S/C21H29N3O3/c1-15(16-9-5-4-6-10-16)24-20(26)18(23-21(24)27)13-14-19(25)22-17-11-7-2-3-8-12-17/h4-6,9-10,15,17-18H,2-3,7-8,11-14H2,1H3,(H,22,25)(H,23,27)/t15-,18+/m1/s1. The highest BCUT2D eigenvalue weighted by Gasteiger charge is 2.40. The third kappa shape index (κ3) is 4.87. The molecule has 2 fully saturated rings. The first-order chi connectivity index (χ1) is 13.1. The van der Waals surface area contributed by atoms with Gasteiger partial charge >= 0.3 is 6.03 Å². The van der Waals surface area contributed by atoms with Crippen molar-refractivity contribution >= 4 is 17.8 Å². The maximum absolute atomic E-state index is 12.7. The Morgan fingerprint density at radius 3 is 2.48 bits per heavy atom. The maximum atomic E-state index is 12.7. The van der Waals surface area contributed by atoms with Crippen LogP contribution in [0.3, 0.4) is 0 Å². The van der Waals surface area contributed by atoms with Crippen molar-refractivity contribution in [2.45, 2.75) is 76.4 Å². The lowest BCUT2D eigenvalue weighted by atomic mass is 10.1. The fraction of sp³-hybridized carbons (Fsp3) is 0.571. The summed E-state index contributed by atoms with van der Waals surface area (Å²) in [7, 11) is 0. The van der Waals surface area contributed by atoms with E-state index in [0.717, 1.165) is 31.2 Å². The number of nitrogens with zero attached hydrogens (tertiary/aromatic N) is 1. The van der Waals surface area contributed by atoms with Crippen LogP contribution in [0.5, 0.6) is 0 Å². The van der Waals surface area contributed by atoms with Crippen LogP contribution in [0.1, 0.15) is 69.9 Å². The number of benzene rings is 1. The summed E-state index contributed by atoms with van der Waals surface area (Å²) in [6, 6.07) is 8.40. The fourth-order valence-corrected chi connectivity index (χ4v) is 3.99. The molecule has 1 saturated heterocycles. The van der Waals surface area contributed by atoms with E-state index in [1.54, 1.807) is 0 Å². The van der Waals surface area contributed by atoms with E-state index >= 15 is 0 Å². The lowest BCUT2D eigenvalue weighted by Gasteiger charge is -2.22. The van der Waals surface area contributed by atoms with Gasteiger partial charge in [-0.25, -0.2) is 4.79 Å². The Balaban J connectivity index is 1.51. The van der Waals surface area contributed by atoms with Gasteiger partial charge in [-0.2, -0.15) is 0 Å². The zero-order valence-corrected chi connectivity index (χ0v) is 15.9. The third-order valence-corrected chi connectivity index (χ3v) is 5.60. The minimum atomic E-state index is -0.622. The van der Waals surface area contributed by atoms with Crippen LogP contribution in [-0.2, 0) is 9.59 Å². The van der Waals surface area contributed by atoms with Crippen LogP contribution in [0, 0.1) is 0 Å². The van der Waals surface area contributed by atoms with Gasteiger partial charge in [-0.15, -0.1) is 0 Å². The van der Waals surface area contributed by atoms with E-state index in [9.17, 15) is 14.4 Å². The van der Waals surface area contributed by atoms with Gasteiger partial charge in [0.25, 0.3) is 5.91 Å². The molecule has 1 aromatic carbocycles. The van der Waals surface area contributed by atoms with Gasteiger partial charge in [-0.1, -0.05) is 56.0 Å². The van der Waals surface area contributed by atoms with E-state index in [1.807, 2.05) is 37.3 Å². The minimum absolute atomic E-state index is 0.0292. The summed E-state index contributed by atoms with van der Waals surface area (Å²) < 4.78 is 0. The molecular formula is C21H29N3O3. The monoisotopic (exact) mass is 371 g/mol. The Kier molecular flexibility index (Phi) is 6.48. The molecule has 2 aliphatic rings. The average Bonchev–Trinajstić information content (AvgIpc) is 2.82. The highest BCUT2D eigenvalue weighted by molar-refractivity contribution is 6.04. The summed E-state index contributed by atoms with van der Waals surface area (Å²) in [5, 5.41) is 5.82. The lowest BCUT2D eigenvalue weighted by molar-refractivity contribution is -0.129. The van der Waals surface area contributed by atoms with E-state index < -0.39 is 6.04 Å². The van der Waals surface area contributed by atoms with E-state index in [1.165, 1.54) is 17.7 Å². The second kappa shape index (κ2) is 9.02. The van der Waals surface area contributed by atoms with Crippen molar-refractivity contribution in [1.82, 2.24) is 15.5 Å². The second-order valence-electron chi connectivity index (χ2n) is 7.59. The number of imide groups is 1. The molecule has 0 unspecified atom stereocenters. The Morgan fingerprint density at radius 1 is 1.15 bits per heavy atom. The topological polar surface area (TPSA) is 78.5 Å². The normalized spacial score (nSPS) is 22.3. The first kappa shape index (κ1) is 19.4. The Hall–Kier alpha value is -2.37. The molecule has 0 radical (unpaired) electrons. The predicted molar refractivity (Wildman–Crippen MR) is 103 cm³/mol. The number of hydrogen-bond acceptors (Lipinski definition) is 3. The van der Waals surface area contributed by atoms with Crippen LogP contribution in [0.25, 0.3) is 0 Å². The van der Waals surface area contributed by atoms with E-state index in [2.05, 4.69) is 10.6 Å². The van der Waals surface area contributed by atoms with Crippen molar-refractivity contribution in [3.8, 4) is 0 Å². The number of carbonyl (C=O) groups excluding carboxylic acids is 3. The average molecular weight is 371 g/mol. The molecule has 6 heteroatoms. The number of rotatable bonds is 6. The lowest BCUT2D eigenvalue weighted by Crippen LogP contribution is -2.37. The SMILES string of the molecule is C[C@H](c1ccccc1)N1C(=O)N[C@@H](CCC(=O)NC2CCCCCC2)C1=O. The molecule has 3 rings (SSSR count). The van der Waals surface area contributed by atoms with Crippen molar-refractivity contribution in [1.29, 1.82) is 0 Å². The van der Waals surface area contributed by atoms with Crippen molar-refractivity contribution < 1.29 is 14.4 Å². The molecule has 146 valence electrons. The van der Waals surface area contributed by atoms with Gasteiger partial charge in [0.2, 0.25) is 5.91 Å². The van der Waals surface area contributed by atoms with Gasteiger partial charge in [0.15, 0.2) is 0 Å². The summed E-state index contributed by atoms with van der Waals surface area (Å²) in [4.78, 5) is 38.5. The summed E-state index contributed by atoms with van der Waals surface area (Å²) >= 11 is 0. The summed E-state index contributed by atoms with van der Waals surface area (Å²) in [6.45, 7) is 1.84. The Bertz CT molecular complexity index is 669.